The van der Waals surface area contributed by atoms with Gasteiger partial charge in [-0.2, -0.15) is 0 Å². The molecule has 132 valence electrons. The predicted molar refractivity (Wildman–Crippen MR) is 90.4 cm³/mol. The van der Waals surface area contributed by atoms with Crippen molar-refractivity contribution in [2.75, 3.05) is 11.9 Å². The second-order valence-electron chi connectivity index (χ2n) is 7.20. The highest BCUT2D eigenvalue weighted by Gasteiger charge is 2.42. The molecule has 1 fully saturated rings. The molecule has 6 heteroatoms. The molecule has 1 aliphatic heterocycles. The van der Waals surface area contributed by atoms with Gasteiger partial charge in [0.05, 0.1) is 0 Å². The Morgan fingerprint density at radius 2 is 1.79 bits per heavy atom. The Labute approximate surface area is 142 Å². The number of likely N-dealkylation sites (tertiary alicyclic amines) is 1. The second-order valence-corrected chi connectivity index (χ2v) is 7.20. The summed E-state index contributed by atoms with van der Waals surface area (Å²) >= 11 is 0. The van der Waals surface area contributed by atoms with E-state index in [0.717, 1.165) is 6.42 Å². The minimum atomic E-state index is -0.615. The fraction of sp³-hybridized carbons (Fsp3) is 0.556. The number of likely N-dealkylation sites (N-methyl/N-ethyl adjacent to an activating group) is 1. The van der Waals surface area contributed by atoms with Crippen LogP contribution >= 0.6 is 0 Å². The van der Waals surface area contributed by atoms with Crippen LogP contribution in [0.3, 0.4) is 0 Å². The van der Waals surface area contributed by atoms with Crippen LogP contribution in [0, 0.1) is 5.82 Å². The maximum Gasteiger partial charge on any atom is 0.411 e. The van der Waals surface area contributed by atoms with Crippen molar-refractivity contribution in [3.63, 3.8) is 0 Å². The zero-order chi connectivity index (χ0) is 18.1. The van der Waals surface area contributed by atoms with Crippen LogP contribution in [0.1, 0.15) is 40.5 Å². The molecule has 0 spiro atoms. The van der Waals surface area contributed by atoms with Crippen molar-refractivity contribution in [1.29, 1.82) is 0 Å². The summed E-state index contributed by atoms with van der Waals surface area (Å²) in [6.07, 6.45) is 0.857. The van der Waals surface area contributed by atoms with Gasteiger partial charge in [-0.3, -0.25) is 9.69 Å². The summed E-state index contributed by atoms with van der Waals surface area (Å²) in [7, 11) is 1.63. The van der Waals surface area contributed by atoms with Crippen LogP contribution in [0.2, 0.25) is 0 Å². The summed E-state index contributed by atoms with van der Waals surface area (Å²) in [5.74, 6) is -0.554. The standard InChI is InChI=1S/C18H25FN2O3/c1-12-6-11-15(21(12)17(23)24-18(2,3)4)16(22)20(5)14-9-7-13(19)8-10-14/h7-10,12,15H,6,11H2,1-5H3/t12-,15+/m1/s1. The maximum atomic E-state index is 13.1. The number of ether oxygens (including phenoxy) is 1. The number of hydrogen-bond donors (Lipinski definition) is 0. The van der Waals surface area contributed by atoms with Crippen LogP contribution in [0.4, 0.5) is 14.9 Å². The van der Waals surface area contributed by atoms with E-state index in [1.807, 2.05) is 6.92 Å². The molecule has 2 amide bonds. The average molecular weight is 336 g/mol. The molecule has 2 atom stereocenters. The molecular formula is C18H25FN2O3. The Bertz CT molecular complexity index is 610. The van der Waals surface area contributed by atoms with Crippen LogP contribution < -0.4 is 4.90 Å². The van der Waals surface area contributed by atoms with Gasteiger partial charge in [-0.1, -0.05) is 0 Å². The Balaban J connectivity index is 2.17. The fourth-order valence-corrected chi connectivity index (χ4v) is 2.86. The van der Waals surface area contributed by atoms with E-state index in [1.54, 1.807) is 40.0 Å². The summed E-state index contributed by atoms with van der Waals surface area (Å²) in [6.45, 7) is 7.31. The Hall–Kier alpha value is -2.11. The molecule has 1 heterocycles. The zero-order valence-electron chi connectivity index (χ0n) is 14.9. The molecule has 1 aromatic carbocycles. The monoisotopic (exact) mass is 336 g/mol. The first-order valence-corrected chi connectivity index (χ1v) is 8.14. The first-order valence-electron chi connectivity index (χ1n) is 8.14. The van der Waals surface area contributed by atoms with Crippen molar-refractivity contribution >= 4 is 17.7 Å². The van der Waals surface area contributed by atoms with Gasteiger partial charge in [-0.25, -0.2) is 9.18 Å². The molecule has 1 aromatic rings. The van der Waals surface area contributed by atoms with Gasteiger partial charge in [-0.05, 0) is 64.8 Å². The lowest BCUT2D eigenvalue weighted by atomic mass is 10.1. The first kappa shape index (κ1) is 18.2. The Morgan fingerprint density at radius 1 is 1.21 bits per heavy atom. The molecule has 0 saturated carbocycles. The van der Waals surface area contributed by atoms with Gasteiger partial charge in [0.25, 0.3) is 0 Å². The molecule has 2 rings (SSSR count). The number of amides is 2. The van der Waals surface area contributed by atoms with E-state index in [0.29, 0.717) is 12.1 Å². The van der Waals surface area contributed by atoms with Crippen molar-refractivity contribution in [3.8, 4) is 0 Å². The van der Waals surface area contributed by atoms with E-state index >= 15 is 0 Å². The third kappa shape index (κ3) is 4.04. The van der Waals surface area contributed by atoms with Gasteiger partial charge in [0, 0.05) is 18.8 Å². The number of benzene rings is 1. The van der Waals surface area contributed by atoms with Crippen molar-refractivity contribution in [2.45, 2.75) is 58.2 Å². The molecule has 5 nitrogen and oxygen atoms in total. The third-order valence-electron chi connectivity index (χ3n) is 4.10. The van der Waals surface area contributed by atoms with Gasteiger partial charge in [0.1, 0.15) is 17.5 Å². The van der Waals surface area contributed by atoms with Gasteiger partial charge in [-0.15, -0.1) is 0 Å². The fourth-order valence-electron chi connectivity index (χ4n) is 2.86. The highest BCUT2D eigenvalue weighted by molar-refractivity contribution is 5.98. The molecule has 0 radical (unpaired) electrons. The normalized spacial score (nSPS) is 20.8. The second kappa shape index (κ2) is 6.79. The number of carbonyl (C=O) groups is 2. The van der Waals surface area contributed by atoms with Gasteiger partial charge in [0.15, 0.2) is 0 Å². The summed E-state index contributed by atoms with van der Waals surface area (Å²) in [6, 6.07) is 5.08. The number of hydrogen-bond acceptors (Lipinski definition) is 3. The molecule has 1 aliphatic rings. The largest absolute Gasteiger partial charge is 0.444 e. The summed E-state index contributed by atoms with van der Waals surface area (Å²) in [5.41, 5.74) is -0.0272. The van der Waals surface area contributed by atoms with E-state index in [1.165, 1.54) is 21.9 Å². The molecule has 0 N–H and O–H groups in total. The minimum Gasteiger partial charge on any atom is -0.444 e. The molecule has 1 saturated heterocycles. The quantitative estimate of drug-likeness (QED) is 0.829. The lowest BCUT2D eigenvalue weighted by molar-refractivity contribution is -0.123. The van der Waals surface area contributed by atoms with Crippen molar-refractivity contribution in [2.24, 2.45) is 0 Å². The number of rotatable bonds is 2. The van der Waals surface area contributed by atoms with E-state index in [4.69, 9.17) is 4.74 Å². The first-order chi connectivity index (χ1) is 11.1. The highest BCUT2D eigenvalue weighted by Crippen LogP contribution is 2.28. The Morgan fingerprint density at radius 3 is 2.33 bits per heavy atom. The molecular weight excluding hydrogens is 311 g/mol. The van der Waals surface area contributed by atoms with Crippen LogP contribution in [0.15, 0.2) is 24.3 Å². The predicted octanol–water partition coefficient (Wildman–Crippen LogP) is 3.58. The number of nitrogens with zero attached hydrogens (tertiary/aromatic N) is 2. The van der Waals surface area contributed by atoms with Crippen LogP contribution in [-0.2, 0) is 9.53 Å². The summed E-state index contributed by atoms with van der Waals surface area (Å²) in [4.78, 5) is 28.3. The molecule has 24 heavy (non-hydrogen) atoms. The van der Waals surface area contributed by atoms with Crippen molar-refractivity contribution in [3.05, 3.63) is 30.1 Å². The number of carbonyl (C=O) groups excluding carboxylic acids is 2. The molecule has 0 aromatic heterocycles. The SMILES string of the molecule is C[C@@H]1CC[C@@H](C(=O)N(C)c2ccc(F)cc2)N1C(=O)OC(C)(C)C. The van der Waals surface area contributed by atoms with Crippen LogP contribution in [0.5, 0.6) is 0 Å². The summed E-state index contributed by atoms with van der Waals surface area (Å²) < 4.78 is 18.5. The van der Waals surface area contributed by atoms with Crippen molar-refractivity contribution in [1.82, 2.24) is 4.90 Å². The smallest absolute Gasteiger partial charge is 0.411 e. The molecule has 0 unspecified atom stereocenters. The zero-order valence-corrected chi connectivity index (χ0v) is 14.9. The molecule has 0 aliphatic carbocycles. The number of anilines is 1. The van der Waals surface area contributed by atoms with Crippen molar-refractivity contribution < 1.29 is 18.7 Å². The average Bonchev–Trinajstić information content (AvgIpc) is 2.86. The van der Waals surface area contributed by atoms with Gasteiger partial charge >= 0.3 is 6.09 Å². The highest BCUT2D eigenvalue weighted by atomic mass is 19.1. The maximum absolute atomic E-state index is 13.1. The minimum absolute atomic E-state index is 0.0598. The summed E-state index contributed by atoms with van der Waals surface area (Å²) in [5, 5.41) is 0. The lowest BCUT2D eigenvalue weighted by Crippen LogP contribution is -2.50. The van der Waals surface area contributed by atoms with E-state index in [9.17, 15) is 14.0 Å². The Kier molecular flexibility index (Phi) is 5.16. The number of halogens is 1. The van der Waals surface area contributed by atoms with Gasteiger partial charge < -0.3 is 9.64 Å². The third-order valence-corrected chi connectivity index (χ3v) is 4.10. The van der Waals surface area contributed by atoms with E-state index < -0.39 is 17.7 Å². The lowest BCUT2D eigenvalue weighted by Gasteiger charge is -2.32. The van der Waals surface area contributed by atoms with Crippen LogP contribution in [0.25, 0.3) is 0 Å². The van der Waals surface area contributed by atoms with Crippen LogP contribution in [-0.4, -0.2) is 41.6 Å². The van der Waals surface area contributed by atoms with Gasteiger partial charge in [0.2, 0.25) is 5.91 Å². The van der Waals surface area contributed by atoms with E-state index in [-0.39, 0.29) is 17.8 Å². The van der Waals surface area contributed by atoms with E-state index in [2.05, 4.69) is 0 Å². The topological polar surface area (TPSA) is 49.9 Å². The molecule has 0 bridgehead atoms.